The molecule has 232 valence electrons. The molecule has 3 heteroatoms. The Morgan fingerprint density at radius 2 is 0.778 bits per heavy atom. The fraction of sp³-hybridized carbons (Fsp3) is 0.333. The van der Waals surface area contributed by atoms with Gasteiger partial charge < -0.3 is 24.8 Å². The number of aryl methyl sites for hydroxylation is 2. The molecule has 4 aromatic carbocycles. The maximum Gasteiger partial charge on any atom is -1.00 e. The summed E-state index contributed by atoms with van der Waals surface area (Å²) in [5, 5.41) is 0. The van der Waals surface area contributed by atoms with Gasteiger partial charge in [0.05, 0.1) is 0 Å². The molecule has 7 rings (SSSR count). The van der Waals surface area contributed by atoms with Crippen molar-refractivity contribution >= 4 is 12.2 Å². The van der Waals surface area contributed by atoms with E-state index in [-0.39, 0.29) is 24.8 Å². The summed E-state index contributed by atoms with van der Waals surface area (Å²) in [5.74, 6) is 0. The van der Waals surface area contributed by atoms with E-state index in [1.807, 2.05) is 0 Å². The summed E-state index contributed by atoms with van der Waals surface area (Å²) >= 11 is -2.78. The van der Waals surface area contributed by atoms with Crippen LogP contribution in [-0.4, -0.2) is 0 Å². The van der Waals surface area contributed by atoms with E-state index in [1.54, 1.807) is 33.4 Å². The molecule has 0 amide bonds. The van der Waals surface area contributed by atoms with Crippen molar-refractivity contribution in [3.63, 3.8) is 0 Å². The van der Waals surface area contributed by atoms with E-state index in [0.717, 1.165) is 0 Å². The molecule has 1 saturated heterocycles. The van der Waals surface area contributed by atoms with Crippen molar-refractivity contribution in [3.8, 4) is 22.3 Å². The number of hydrogen-bond acceptors (Lipinski definition) is 0. The Hall–Kier alpha value is -2.18. The first-order valence-corrected chi connectivity index (χ1v) is 22.6. The van der Waals surface area contributed by atoms with Gasteiger partial charge >= 0.3 is 266 Å². The average molecular weight is 713 g/mol. The third kappa shape index (κ3) is 5.03. The fourth-order valence-corrected chi connectivity index (χ4v) is 27.2. The first-order chi connectivity index (χ1) is 20.5. The van der Waals surface area contributed by atoms with Crippen molar-refractivity contribution in [1.82, 2.24) is 0 Å². The second-order valence-electron chi connectivity index (χ2n) is 14.3. The van der Waals surface area contributed by atoms with Gasteiger partial charge in [-0.2, -0.15) is 0 Å². The zero-order chi connectivity index (χ0) is 30.5. The summed E-state index contributed by atoms with van der Waals surface area (Å²) in [6.07, 6.45) is 5.23. The summed E-state index contributed by atoms with van der Waals surface area (Å²) in [6, 6.07) is 18.5. The smallest absolute Gasteiger partial charge is 1.00 e. The number of hydrogen-bond donors (Lipinski definition) is 0. The molecule has 0 saturated carbocycles. The molecule has 3 aliphatic rings. The summed E-state index contributed by atoms with van der Waals surface area (Å²) in [4.78, 5) is 0. The van der Waals surface area contributed by atoms with Crippen molar-refractivity contribution in [2.24, 2.45) is 0 Å². The Balaban J connectivity index is 0.00000200. The largest absolute Gasteiger partial charge is 1.00 e. The predicted molar refractivity (Wildman–Crippen MR) is 184 cm³/mol. The zero-order valence-corrected chi connectivity index (χ0v) is 32.6. The van der Waals surface area contributed by atoms with Crippen LogP contribution in [0.2, 0.25) is 8.26 Å². The number of allylic oxidation sites excluding steroid dienone is 2. The van der Waals surface area contributed by atoms with Gasteiger partial charge in [-0.15, -0.1) is 0 Å². The Kier molecular flexibility index (Phi) is 9.20. The van der Waals surface area contributed by atoms with Crippen LogP contribution in [0.5, 0.6) is 0 Å². The molecule has 0 radical (unpaired) electrons. The summed E-state index contributed by atoms with van der Waals surface area (Å²) in [7, 11) is 0. The van der Waals surface area contributed by atoms with E-state index in [4.69, 9.17) is 0 Å². The monoisotopic (exact) mass is 710 g/mol. The molecule has 2 atom stereocenters. The van der Waals surface area contributed by atoms with Gasteiger partial charge in [0.1, 0.15) is 0 Å². The van der Waals surface area contributed by atoms with Crippen molar-refractivity contribution in [1.29, 1.82) is 0 Å². The molecule has 4 aromatic rings. The van der Waals surface area contributed by atoms with Gasteiger partial charge in [0.25, 0.3) is 0 Å². The van der Waals surface area contributed by atoms with E-state index < -0.39 is 20.3 Å². The third-order valence-electron chi connectivity index (χ3n) is 11.8. The van der Waals surface area contributed by atoms with Crippen LogP contribution in [-0.2, 0) is 20.3 Å². The average Bonchev–Trinajstić information content (AvgIpc) is 3.57. The number of halogens is 2. The molecule has 0 spiro atoms. The van der Waals surface area contributed by atoms with E-state index in [9.17, 15) is 0 Å². The van der Waals surface area contributed by atoms with Gasteiger partial charge in [-0.25, -0.2) is 0 Å². The standard InChI is InChI=1S/2C20H21.C2H4.2ClH.Zr/c2*1-12-6-8-17(9-7-12)20-16(5)14(3)15(4)18-10-13(2)11-19(18)20;1-2;;;/h2*6-11H,1-5H3;1-2H2;2*1H;/q;;;;;+2/p-2. The molecule has 0 nitrogen and oxygen atoms in total. The number of benzene rings is 4. The molecular weight excluding hydrogens is 667 g/mol. The first kappa shape index (κ1) is 34.2. The summed E-state index contributed by atoms with van der Waals surface area (Å²) < 4.78 is 4.32. The SMILES string of the molecule is CC1=Cc2c(-c3ccc(C)cc3)c(C)c(C)c(C)c2[CH]1[Zr+2]1([CH]2C(C)=Cc3c(-c4ccc(C)cc4)c(C)c(C)c(C)c32)[CH2][CH2]1.[Cl-].[Cl-]. The van der Waals surface area contributed by atoms with Crippen LogP contribution in [0, 0.1) is 55.4 Å². The van der Waals surface area contributed by atoms with Crippen LogP contribution in [0.25, 0.3) is 34.4 Å². The van der Waals surface area contributed by atoms with Crippen LogP contribution in [0.4, 0.5) is 0 Å². The van der Waals surface area contributed by atoms with Crippen LogP contribution in [0.3, 0.4) is 0 Å². The minimum absolute atomic E-state index is 0. The maximum atomic E-state index is 2.62. The molecule has 45 heavy (non-hydrogen) atoms. The molecule has 2 unspecified atom stereocenters. The molecule has 1 fully saturated rings. The van der Waals surface area contributed by atoms with Crippen molar-refractivity contribution < 1.29 is 45.1 Å². The molecule has 1 aliphatic heterocycles. The second kappa shape index (κ2) is 12.1. The van der Waals surface area contributed by atoms with Gasteiger partial charge in [0.15, 0.2) is 0 Å². The van der Waals surface area contributed by atoms with E-state index in [2.05, 4.69) is 130 Å². The van der Waals surface area contributed by atoms with E-state index in [1.165, 1.54) is 75.0 Å². The molecule has 2 aliphatic carbocycles. The van der Waals surface area contributed by atoms with Crippen molar-refractivity contribution in [2.45, 2.75) is 84.7 Å². The third-order valence-corrected chi connectivity index (χ3v) is 25.2. The Morgan fingerprint density at radius 1 is 0.444 bits per heavy atom. The van der Waals surface area contributed by atoms with Crippen LogP contribution >= 0.6 is 0 Å². The molecule has 0 N–H and O–H groups in total. The number of fused-ring (bicyclic) bond motifs is 2. The second-order valence-corrected chi connectivity index (χ2v) is 25.6. The normalized spacial score (nSPS) is 18.1. The quantitative estimate of drug-likeness (QED) is 0.240. The Bertz CT molecular complexity index is 1760. The summed E-state index contributed by atoms with van der Waals surface area (Å²) in [5.41, 5.74) is 27.1. The molecule has 0 aromatic heterocycles. The Morgan fingerprint density at radius 3 is 1.09 bits per heavy atom. The molecule has 0 bridgehead atoms. The molecule has 1 heterocycles. The van der Waals surface area contributed by atoms with E-state index in [0.29, 0.717) is 7.25 Å². The van der Waals surface area contributed by atoms with Gasteiger partial charge in [0, 0.05) is 0 Å². The van der Waals surface area contributed by atoms with Crippen LogP contribution < -0.4 is 24.8 Å². The summed E-state index contributed by atoms with van der Waals surface area (Å²) in [6.45, 7) is 23.7. The maximum absolute atomic E-state index is 2.78. The van der Waals surface area contributed by atoms with Gasteiger partial charge in [-0.05, 0) is 0 Å². The van der Waals surface area contributed by atoms with Gasteiger partial charge in [-0.1, -0.05) is 0 Å². The minimum Gasteiger partial charge on any atom is -1.00 e. The van der Waals surface area contributed by atoms with E-state index >= 15 is 0 Å². The van der Waals surface area contributed by atoms with Crippen LogP contribution in [0.1, 0.15) is 87.9 Å². The van der Waals surface area contributed by atoms with Crippen molar-refractivity contribution in [3.05, 3.63) is 126 Å². The number of rotatable bonds is 4. The van der Waals surface area contributed by atoms with Crippen molar-refractivity contribution in [2.75, 3.05) is 0 Å². The Labute approximate surface area is 288 Å². The first-order valence-electron chi connectivity index (χ1n) is 16.2. The minimum atomic E-state index is -2.78. The fourth-order valence-electron chi connectivity index (χ4n) is 9.09. The predicted octanol–water partition coefficient (Wildman–Crippen LogP) is 6.12. The molecular formula is C42H46Cl2Zr. The topological polar surface area (TPSA) is 0 Å². The van der Waals surface area contributed by atoms with Crippen LogP contribution in [0.15, 0.2) is 59.7 Å². The zero-order valence-electron chi connectivity index (χ0n) is 28.6. The van der Waals surface area contributed by atoms with Gasteiger partial charge in [0.2, 0.25) is 0 Å². The van der Waals surface area contributed by atoms with Gasteiger partial charge in [-0.3, -0.25) is 0 Å².